The van der Waals surface area contributed by atoms with Gasteiger partial charge in [0.2, 0.25) is 10.0 Å². The summed E-state index contributed by atoms with van der Waals surface area (Å²) in [6.45, 7) is 2.25. The normalized spacial score (nSPS) is 15.6. The van der Waals surface area contributed by atoms with Gasteiger partial charge in [0, 0.05) is 12.6 Å². The number of hydrogen-bond donors (Lipinski definition) is 1. The molecule has 0 aliphatic heterocycles. The summed E-state index contributed by atoms with van der Waals surface area (Å²) in [4.78, 5) is 0.0928. The summed E-state index contributed by atoms with van der Waals surface area (Å²) in [5, 5.41) is 8.74. The number of rotatable bonds is 4. The Morgan fingerprint density at radius 2 is 2.17 bits per heavy atom. The Labute approximate surface area is 107 Å². The lowest BCUT2D eigenvalue weighted by Gasteiger charge is -2.20. The summed E-state index contributed by atoms with van der Waals surface area (Å²) in [7, 11) is -3.54. The van der Waals surface area contributed by atoms with Crippen molar-refractivity contribution < 1.29 is 8.42 Å². The highest BCUT2D eigenvalue weighted by atomic mass is 32.2. The molecule has 2 N–H and O–H groups in total. The molecule has 1 aromatic rings. The van der Waals surface area contributed by atoms with Gasteiger partial charge in [0.15, 0.2) is 0 Å². The van der Waals surface area contributed by atoms with Crippen LogP contribution < -0.4 is 5.73 Å². The van der Waals surface area contributed by atoms with E-state index in [4.69, 9.17) is 11.0 Å². The maximum Gasteiger partial charge on any atom is 0.245 e. The molecule has 1 aromatic carbocycles. The molecule has 0 bridgehead atoms. The molecule has 1 aliphatic rings. The van der Waals surface area contributed by atoms with Crippen molar-refractivity contribution in [1.82, 2.24) is 4.31 Å². The molecular weight excluding hydrogens is 250 g/mol. The van der Waals surface area contributed by atoms with Crippen molar-refractivity contribution in [3.05, 3.63) is 23.8 Å². The predicted molar refractivity (Wildman–Crippen MR) is 68.2 cm³/mol. The van der Waals surface area contributed by atoms with Crippen LogP contribution in [-0.4, -0.2) is 25.3 Å². The quantitative estimate of drug-likeness (QED) is 0.831. The number of anilines is 1. The average molecular weight is 265 g/mol. The molecule has 2 rings (SSSR count). The van der Waals surface area contributed by atoms with Gasteiger partial charge in [0.25, 0.3) is 0 Å². The van der Waals surface area contributed by atoms with E-state index in [1.807, 2.05) is 13.0 Å². The van der Waals surface area contributed by atoms with Gasteiger partial charge in [-0.05, 0) is 31.0 Å². The fourth-order valence-corrected chi connectivity index (χ4v) is 3.76. The van der Waals surface area contributed by atoms with E-state index in [0.717, 1.165) is 12.8 Å². The summed E-state index contributed by atoms with van der Waals surface area (Å²) in [5.74, 6) is 0. The molecule has 0 spiro atoms. The SMILES string of the molecule is CCN(C1CC1)S(=O)(=O)c1ccc(C#N)cc1N. The smallest absolute Gasteiger partial charge is 0.245 e. The molecule has 6 heteroatoms. The fraction of sp³-hybridized carbons (Fsp3) is 0.417. The Morgan fingerprint density at radius 3 is 2.61 bits per heavy atom. The third-order valence-corrected chi connectivity index (χ3v) is 5.09. The maximum atomic E-state index is 12.4. The van der Waals surface area contributed by atoms with Crippen molar-refractivity contribution in [2.75, 3.05) is 12.3 Å². The van der Waals surface area contributed by atoms with Crippen molar-refractivity contribution in [2.24, 2.45) is 0 Å². The number of benzene rings is 1. The lowest BCUT2D eigenvalue weighted by Crippen LogP contribution is -2.33. The Balaban J connectivity index is 2.44. The molecule has 18 heavy (non-hydrogen) atoms. The monoisotopic (exact) mass is 265 g/mol. The van der Waals surface area contributed by atoms with E-state index in [-0.39, 0.29) is 16.6 Å². The van der Waals surface area contributed by atoms with Gasteiger partial charge >= 0.3 is 0 Å². The summed E-state index contributed by atoms with van der Waals surface area (Å²) in [6, 6.07) is 6.33. The Morgan fingerprint density at radius 1 is 1.50 bits per heavy atom. The molecular formula is C12H15N3O2S. The minimum atomic E-state index is -3.54. The summed E-state index contributed by atoms with van der Waals surface area (Å²) in [5.41, 5.74) is 6.23. The van der Waals surface area contributed by atoms with Gasteiger partial charge in [-0.15, -0.1) is 0 Å². The van der Waals surface area contributed by atoms with Crippen LogP contribution in [0.5, 0.6) is 0 Å². The van der Waals surface area contributed by atoms with Crippen LogP contribution in [0.4, 0.5) is 5.69 Å². The van der Waals surface area contributed by atoms with E-state index in [9.17, 15) is 8.42 Å². The standard InChI is InChI=1S/C12H15N3O2S/c1-2-15(10-4-5-10)18(16,17)12-6-3-9(8-13)7-11(12)14/h3,6-7,10H,2,4-5,14H2,1H3. The average Bonchev–Trinajstić information content (AvgIpc) is 3.13. The second-order valence-electron chi connectivity index (χ2n) is 4.30. The van der Waals surface area contributed by atoms with E-state index >= 15 is 0 Å². The second kappa shape index (κ2) is 4.59. The van der Waals surface area contributed by atoms with Crippen LogP contribution in [-0.2, 0) is 10.0 Å². The van der Waals surface area contributed by atoms with E-state index in [2.05, 4.69) is 0 Å². The minimum absolute atomic E-state index is 0.0928. The van der Waals surface area contributed by atoms with Crippen LogP contribution >= 0.6 is 0 Å². The molecule has 0 atom stereocenters. The molecule has 0 radical (unpaired) electrons. The van der Waals surface area contributed by atoms with Crippen LogP contribution in [0.2, 0.25) is 0 Å². The molecule has 0 heterocycles. The highest BCUT2D eigenvalue weighted by Gasteiger charge is 2.37. The first-order valence-corrected chi connectivity index (χ1v) is 7.26. The third kappa shape index (κ3) is 2.19. The first kappa shape index (κ1) is 12.9. The zero-order chi connectivity index (χ0) is 13.3. The topological polar surface area (TPSA) is 87.2 Å². The molecule has 1 saturated carbocycles. The van der Waals surface area contributed by atoms with Crippen LogP contribution in [0.3, 0.4) is 0 Å². The van der Waals surface area contributed by atoms with E-state index < -0.39 is 10.0 Å². The highest BCUT2D eigenvalue weighted by Crippen LogP contribution is 2.33. The molecule has 1 aliphatic carbocycles. The van der Waals surface area contributed by atoms with Crippen LogP contribution in [0.25, 0.3) is 0 Å². The molecule has 0 unspecified atom stereocenters. The second-order valence-corrected chi connectivity index (χ2v) is 6.16. The van der Waals surface area contributed by atoms with Gasteiger partial charge in [-0.3, -0.25) is 0 Å². The third-order valence-electron chi connectivity index (χ3n) is 2.99. The predicted octanol–water partition coefficient (Wildman–Crippen LogP) is 1.31. The molecule has 5 nitrogen and oxygen atoms in total. The summed E-state index contributed by atoms with van der Waals surface area (Å²) >= 11 is 0. The van der Waals surface area contributed by atoms with Crippen molar-refractivity contribution in [2.45, 2.75) is 30.7 Å². The van der Waals surface area contributed by atoms with E-state index in [1.54, 1.807) is 0 Å². The zero-order valence-corrected chi connectivity index (χ0v) is 10.9. The Kier molecular flexibility index (Phi) is 3.28. The summed E-state index contributed by atoms with van der Waals surface area (Å²) in [6.07, 6.45) is 1.81. The first-order chi connectivity index (χ1) is 8.50. The largest absolute Gasteiger partial charge is 0.398 e. The van der Waals surface area contributed by atoms with Gasteiger partial charge in [-0.25, -0.2) is 8.42 Å². The van der Waals surface area contributed by atoms with Gasteiger partial charge < -0.3 is 5.73 Å². The first-order valence-electron chi connectivity index (χ1n) is 5.82. The van der Waals surface area contributed by atoms with Crippen molar-refractivity contribution in [3.63, 3.8) is 0 Å². The number of sulfonamides is 1. The van der Waals surface area contributed by atoms with E-state index in [1.165, 1.54) is 22.5 Å². The Hall–Kier alpha value is -1.58. The zero-order valence-electron chi connectivity index (χ0n) is 10.1. The maximum absolute atomic E-state index is 12.4. The highest BCUT2D eigenvalue weighted by molar-refractivity contribution is 7.89. The number of nitrogens with zero attached hydrogens (tertiary/aromatic N) is 2. The fourth-order valence-electron chi connectivity index (χ4n) is 1.97. The minimum Gasteiger partial charge on any atom is -0.398 e. The van der Waals surface area contributed by atoms with Crippen LogP contribution in [0.15, 0.2) is 23.1 Å². The van der Waals surface area contributed by atoms with Crippen LogP contribution in [0, 0.1) is 11.3 Å². The van der Waals surface area contributed by atoms with Gasteiger partial charge in [-0.2, -0.15) is 9.57 Å². The van der Waals surface area contributed by atoms with E-state index in [0.29, 0.717) is 12.1 Å². The lowest BCUT2D eigenvalue weighted by molar-refractivity contribution is 0.421. The molecule has 0 saturated heterocycles. The molecule has 0 aromatic heterocycles. The lowest BCUT2D eigenvalue weighted by atomic mass is 10.2. The number of nitrogens with two attached hydrogens (primary N) is 1. The van der Waals surface area contributed by atoms with Gasteiger partial charge in [0.1, 0.15) is 4.90 Å². The molecule has 96 valence electrons. The number of nitrogen functional groups attached to an aromatic ring is 1. The van der Waals surface area contributed by atoms with Gasteiger partial charge in [0.05, 0.1) is 17.3 Å². The van der Waals surface area contributed by atoms with Crippen LogP contribution in [0.1, 0.15) is 25.3 Å². The summed E-state index contributed by atoms with van der Waals surface area (Å²) < 4.78 is 26.3. The molecule has 0 amide bonds. The van der Waals surface area contributed by atoms with Crippen molar-refractivity contribution in [3.8, 4) is 6.07 Å². The van der Waals surface area contributed by atoms with Gasteiger partial charge in [-0.1, -0.05) is 6.92 Å². The van der Waals surface area contributed by atoms with Crippen molar-refractivity contribution >= 4 is 15.7 Å². The Bertz CT molecular complexity index is 600. The van der Waals surface area contributed by atoms with Crippen molar-refractivity contribution in [1.29, 1.82) is 5.26 Å². The molecule has 1 fully saturated rings. The number of nitriles is 1. The number of hydrogen-bond acceptors (Lipinski definition) is 4.